The zero-order valence-electron chi connectivity index (χ0n) is 13.7. The van der Waals surface area contributed by atoms with Crippen molar-refractivity contribution in [2.45, 2.75) is 33.2 Å². The van der Waals surface area contributed by atoms with E-state index in [1.54, 1.807) is 6.92 Å². The molecule has 2 rings (SSSR count). The van der Waals surface area contributed by atoms with E-state index in [0.29, 0.717) is 5.75 Å². The number of rotatable bonds is 4. The maximum absolute atomic E-state index is 12.0. The topological polar surface area (TPSA) is 51.2 Å². The molecule has 0 atom stereocenters. The molecule has 1 N–H and O–H groups in total. The largest absolute Gasteiger partial charge is 0.484 e. The van der Waals surface area contributed by atoms with Gasteiger partial charge in [-0.1, -0.05) is 5.92 Å². The minimum absolute atomic E-state index is 0.0445. The van der Waals surface area contributed by atoms with Gasteiger partial charge in [0.15, 0.2) is 6.61 Å². The van der Waals surface area contributed by atoms with Crippen molar-refractivity contribution in [3.8, 4) is 17.6 Å². The number of pyridine rings is 1. The van der Waals surface area contributed by atoms with Crippen molar-refractivity contribution in [3.63, 3.8) is 0 Å². The molecule has 5 heteroatoms. The Morgan fingerprint density at radius 2 is 2.13 bits per heavy atom. The van der Waals surface area contributed by atoms with Gasteiger partial charge in [-0.2, -0.15) is 0 Å². The summed E-state index contributed by atoms with van der Waals surface area (Å²) < 4.78 is 6.69. The quantitative estimate of drug-likeness (QED) is 0.607. The second-order valence-electron chi connectivity index (χ2n) is 5.80. The van der Waals surface area contributed by atoms with E-state index < -0.39 is 5.54 Å². The molecule has 23 heavy (non-hydrogen) atoms. The third-order valence-corrected chi connectivity index (χ3v) is 3.76. The first kappa shape index (κ1) is 17.5. The zero-order valence-corrected chi connectivity index (χ0v) is 15.8. The lowest BCUT2D eigenvalue weighted by Gasteiger charge is -2.20. The van der Waals surface area contributed by atoms with Crippen molar-refractivity contribution in [2.24, 2.45) is 0 Å². The molecule has 1 amide bonds. The van der Waals surface area contributed by atoms with Crippen molar-refractivity contribution in [1.29, 1.82) is 0 Å². The highest BCUT2D eigenvalue weighted by Gasteiger charge is 2.17. The Balaban J connectivity index is 2.10. The predicted octanol–water partition coefficient (Wildman–Crippen LogP) is 3.44. The summed E-state index contributed by atoms with van der Waals surface area (Å²) in [6.45, 7) is 7.40. The molecule has 0 aliphatic heterocycles. The lowest BCUT2D eigenvalue weighted by Crippen LogP contribution is -2.44. The van der Waals surface area contributed by atoms with Gasteiger partial charge in [0.1, 0.15) is 5.75 Å². The van der Waals surface area contributed by atoms with Gasteiger partial charge < -0.3 is 10.1 Å². The molecule has 0 fully saturated rings. The van der Waals surface area contributed by atoms with E-state index >= 15 is 0 Å². The van der Waals surface area contributed by atoms with Gasteiger partial charge in [0.05, 0.1) is 11.1 Å². The van der Waals surface area contributed by atoms with Crippen LogP contribution in [0.3, 0.4) is 0 Å². The van der Waals surface area contributed by atoms with Gasteiger partial charge in [-0.3, -0.25) is 9.78 Å². The molecule has 120 valence electrons. The highest BCUT2D eigenvalue weighted by atomic mass is 127. The molecular formula is C18H19IN2O2. The molecule has 0 spiro atoms. The molecule has 0 aliphatic carbocycles. The van der Waals surface area contributed by atoms with Crippen molar-refractivity contribution in [3.05, 3.63) is 33.5 Å². The average Bonchev–Trinajstić information content (AvgIpc) is 2.44. The van der Waals surface area contributed by atoms with Crippen LogP contribution < -0.4 is 10.1 Å². The molecule has 2 aromatic rings. The number of benzene rings is 1. The molecule has 0 aliphatic rings. The van der Waals surface area contributed by atoms with E-state index in [-0.39, 0.29) is 12.5 Å². The number of aromatic nitrogens is 1. The Morgan fingerprint density at radius 3 is 2.83 bits per heavy atom. The van der Waals surface area contributed by atoms with Crippen LogP contribution in [0, 0.1) is 22.3 Å². The van der Waals surface area contributed by atoms with E-state index in [9.17, 15) is 4.79 Å². The maximum Gasteiger partial charge on any atom is 0.259 e. The molecule has 0 saturated carbocycles. The number of nitrogens with one attached hydrogen (secondary N) is 1. The molecule has 0 radical (unpaired) electrons. The van der Waals surface area contributed by atoms with Crippen LogP contribution in [0.4, 0.5) is 0 Å². The van der Waals surface area contributed by atoms with Gasteiger partial charge in [-0.05, 0) is 74.0 Å². The highest BCUT2D eigenvalue weighted by molar-refractivity contribution is 14.1. The third-order valence-electron chi connectivity index (χ3n) is 3.17. The van der Waals surface area contributed by atoms with Gasteiger partial charge in [0, 0.05) is 15.2 Å². The Hall–Kier alpha value is -1.81. The zero-order chi connectivity index (χ0) is 17.0. The van der Waals surface area contributed by atoms with Crippen molar-refractivity contribution in [1.82, 2.24) is 10.3 Å². The Kier molecular flexibility index (Phi) is 5.47. The number of carbonyl (C=O) groups is 1. The molecule has 0 unspecified atom stereocenters. The summed E-state index contributed by atoms with van der Waals surface area (Å²) in [5.41, 5.74) is 1.40. The summed E-state index contributed by atoms with van der Waals surface area (Å²) in [7, 11) is 0. The van der Waals surface area contributed by atoms with E-state index in [1.807, 2.05) is 45.2 Å². The Bertz CT molecular complexity index is 804. The fourth-order valence-electron chi connectivity index (χ4n) is 2.33. The van der Waals surface area contributed by atoms with Crippen LogP contribution in [0.5, 0.6) is 5.75 Å². The molecule has 1 heterocycles. The van der Waals surface area contributed by atoms with Gasteiger partial charge in [-0.25, -0.2) is 0 Å². The second-order valence-corrected chi connectivity index (χ2v) is 7.05. The number of nitrogens with zero attached hydrogens (tertiary/aromatic N) is 1. The number of amides is 1. The molecule has 4 nitrogen and oxygen atoms in total. The van der Waals surface area contributed by atoms with Crippen LogP contribution >= 0.6 is 22.6 Å². The Labute approximate surface area is 150 Å². The lowest BCUT2D eigenvalue weighted by molar-refractivity contribution is -0.124. The summed E-state index contributed by atoms with van der Waals surface area (Å²) >= 11 is 2.23. The Morgan fingerprint density at radius 1 is 1.39 bits per heavy atom. The predicted molar refractivity (Wildman–Crippen MR) is 100 cm³/mol. The third kappa shape index (κ3) is 4.83. The monoisotopic (exact) mass is 422 g/mol. The molecule has 0 bridgehead atoms. The number of aryl methyl sites for hydroxylation is 1. The SMILES string of the molecule is CC#CC(C)(C)NC(=O)COc1cc(C)c2ncc(I)cc2c1. The smallest absolute Gasteiger partial charge is 0.259 e. The summed E-state index contributed by atoms with van der Waals surface area (Å²) in [6, 6.07) is 5.84. The summed E-state index contributed by atoms with van der Waals surface area (Å²) in [4.78, 5) is 16.4. The van der Waals surface area contributed by atoms with Crippen molar-refractivity contribution in [2.75, 3.05) is 6.61 Å². The fraction of sp³-hybridized carbons (Fsp3) is 0.333. The van der Waals surface area contributed by atoms with Crippen molar-refractivity contribution < 1.29 is 9.53 Å². The number of hydrogen-bond donors (Lipinski definition) is 1. The number of halogens is 1. The second kappa shape index (κ2) is 7.18. The van der Waals surface area contributed by atoms with Gasteiger partial charge in [0.25, 0.3) is 5.91 Å². The van der Waals surface area contributed by atoms with Crippen molar-refractivity contribution >= 4 is 39.4 Å². The minimum atomic E-state index is -0.561. The van der Waals surface area contributed by atoms with Crippen LogP contribution in [-0.4, -0.2) is 23.0 Å². The first-order chi connectivity index (χ1) is 10.8. The van der Waals surface area contributed by atoms with Crippen LogP contribution in [0.15, 0.2) is 24.4 Å². The molecule has 0 saturated heterocycles. The van der Waals surface area contributed by atoms with Gasteiger partial charge in [-0.15, -0.1) is 5.92 Å². The highest BCUT2D eigenvalue weighted by Crippen LogP contribution is 2.24. The lowest BCUT2D eigenvalue weighted by atomic mass is 10.1. The van der Waals surface area contributed by atoms with E-state index in [2.05, 4.69) is 44.7 Å². The van der Waals surface area contributed by atoms with E-state index in [0.717, 1.165) is 20.0 Å². The van der Waals surface area contributed by atoms with Crippen LogP contribution in [-0.2, 0) is 4.79 Å². The fourth-order valence-corrected chi connectivity index (χ4v) is 2.81. The summed E-state index contributed by atoms with van der Waals surface area (Å²) in [5, 5.41) is 3.84. The summed E-state index contributed by atoms with van der Waals surface area (Å²) in [6.07, 6.45) is 1.83. The number of hydrogen-bond acceptors (Lipinski definition) is 3. The van der Waals surface area contributed by atoms with Crippen LogP contribution in [0.2, 0.25) is 0 Å². The van der Waals surface area contributed by atoms with Crippen LogP contribution in [0.25, 0.3) is 10.9 Å². The standard InChI is InChI=1S/C18H19IN2O2/c1-5-6-18(3,4)21-16(22)11-23-15-7-12(2)17-13(9-15)8-14(19)10-20-17/h7-10H,11H2,1-4H3,(H,21,22). The number of ether oxygens (including phenoxy) is 1. The normalized spacial score (nSPS) is 10.8. The van der Waals surface area contributed by atoms with Gasteiger partial charge in [0.2, 0.25) is 0 Å². The number of carbonyl (C=O) groups excluding carboxylic acids is 1. The van der Waals surface area contributed by atoms with Gasteiger partial charge >= 0.3 is 0 Å². The first-order valence-corrected chi connectivity index (χ1v) is 8.32. The van der Waals surface area contributed by atoms with E-state index in [4.69, 9.17) is 4.74 Å². The molecular weight excluding hydrogens is 403 g/mol. The molecule has 1 aromatic heterocycles. The maximum atomic E-state index is 12.0. The van der Waals surface area contributed by atoms with Crippen LogP contribution in [0.1, 0.15) is 26.3 Å². The number of fused-ring (bicyclic) bond motifs is 1. The summed E-state index contributed by atoms with van der Waals surface area (Å²) in [5.74, 6) is 6.21. The minimum Gasteiger partial charge on any atom is -0.484 e. The average molecular weight is 422 g/mol. The van der Waals surface area contributed by atoms with E-state index in [1.165, 1.54) is 0 Å². The first-order valence-electron chi connectivity index (χ1n) is 7.24. The molecule has 1 aromatic carbocycles.